The van der Waals surface area contributed by atoms with Crippen molar-refractivity contribution < 1.29 is 9.18 Å². The molecule has 0 radical (unpaired) electrons. The molecule has 3 nitrogen and oxygen atoms in total. The van der Waals surface area contributed by atoms with Crippen LogP contribution < -0.4 is 5.32 Å². The molecule has 0 aliphatic heterocycles. The van der Waals surface area contributed by atoms with E-state index in [0.717, 1.165) is 22.0 Å². The molecular weight excluding hydrogens is 371 g/mol. The number of carbonyl (C=O) groups excluding carboxylic acids is 1. The Labute approximate surface area is 151 Å². The third kappa shape index (κ3) is 4.81. The van der Waals surface area contributed by atoms with Gasteiger partial charge in [0, 0.05) is 17.6 Å². The van der Waals surface area contributed by atoms with Gasteiger partial charge in [-0.2, -0.15) is 0 Å². The monoisotopic (exact) mass is 392 g/mol. The number of amides is 2. The molecule has 2 amide bonds. The van der Waals surface area contributed by atoms with E-state index in [1.807, 2.05) is 43.0 Å². The number of nitrogens with zero attached hydrogens (tertiary/aromatic N) is 1. The second-order valence-electron chi connectivity index (χ2n) is 5.68. The predicted octanol–water partition coefficient (Wildman–Crippen LogP) is 5.27. The number of hydrogen-bond acceptors (Lipinski definition) is 1. The Morgan fingerprint density at radius 1 is 1.21 bits per heavy atom. The summed E-state index contributed by atoms with van der Waals surface area (Å²) < 4.78 is 13.9. The van der Waals surface area contributed by atoms with Crippen LogP contribution >= 0.6 is 15.9 Å². The second-order valence-corrected chi connectivity index (χ2v) is 6.53. The van der Waals surface area contributed by atoms with Crippen LogP contribution in [0.5, 0.6) is 0 Å². The quantitative estimate of drug-likeness (QED) is 0.713. The molecule has 0 aliphatic carbocycles. The highest BCUT2D eigenvalue weighted by atomic mass is 79.9. The SMILES string of the molecule is CCCN(C(=O)NCc1ccc(F)cc1)C(C)c1ccccc1Br. The smallest absolute Gasteiger partial charge is 0.318 e. The fraction of sp³-hybridized carbons (Fsp3) is 0.316. The van der Waals surface area contributed by atoms with Gasteiger partial charge in [-0.05, 0) is 42.7 Å². The number of hydrogen-bond donors (Lipinski definition) is 1. The molecule has 1 N–H and O–H groups in total. The van der Waals surface area contributed by atoms with E-state index in [1.165, 1.54) is 12.1 Å². The van der Waals surface area contributed by atoms with Crippen molar-refractivity contribution in [1.29, 1.82) is 0 Å². The van der Waals surface area contributed by atoms with E-state index in [9.17, 15) is 9.18 Å². The van der Waals surface area contributed by atoms with E-state index in [0.29, 0.717) is 13.1 Å². The van der Waals surface area contributed by atoms with Gasteiger partial charge in [-0.15, -0.1) is 0 Å². The predicted molar refractivity (Wildman–Crippen MR) is 98.2 cm³/mol. The number of benzene rings is 2. The molecule has 0 aromatic heterocycles. The van der Waals surface area contributed by atoms with Crippen LogP contribution in [0, 0.1) is 5.82 Å². The van der Waals surface area contributed by atoms with Crippen molar-refractivity contribution in [2.24, 2.45) is 0 Å². The molecule has 0 fully saturated rings. The Bertz CT molecular complexity index is 675. The van der Waals surface area contributed by atoms with Crippen LogP contribution in [0.4, 0.5) is 9.18 Å². The molecule has 0 saturated carbocycles. The lowest BCUT2D eigenvalue weighted by Crippen LogP contribution is -2.41. The van der Waals surface area contributed by atoms with Crippen LogP contribution in [-0.4, -0.2) is 17.5 Å². The van der Waals surface area contributed by atoms with Crippen molar-refractivity contribution in [2.45, 2.75) is 32.9 Å². The van der Waals surface area contributed by atoms with Crippen molar-refractivity contribution in [3.63, 3.8) is 0 Å². The largest absolute Gasteiger partial charge is 0.334 e. The van der Waals surface area contributed by atoms with Gasteiger partial charge in [-0.3, -0.25) is 0 Å². The van der Waals surface area contributed by atoms with Crippen LogP contribution in [0.25, 0.3) is 0 Å². The first kappa shape index (κ1) is 18.5. The Morgan fingerprint density at radius 3 is 2.50 bits per heavy atom. The average molecular weight is 393 g/mol. The highest BCUT2D eigenvalue weighted by Gasteiger charge is 2.21. The summed E-state index contributed by atoms with van der Waals surface area (Å²) in [6, 6.07) is 13.9. The van der Waals surface area contributed by atoms with Gasteiger partial charge < -0.3 is 10.2 Å². The molecule has 5 heteroatoms. The average Bonchev–Trinajstić information content (AvgIpc) is 2.59. The van der Waals surface area contributed by atoms with Crippen molar-refractivity contribution in [1.82, 2.24) is 10.2 Å². The van der Waals surface area contributed by atoms with Gasteiger partial charge in [-0.25, -0.2) is 9.18 Å². The number of nitrogens with one attached hydrogen (secondary N) is 1. The molecule has 128 valence electrons. The molecule has 0 bridgehead atoms. The van der Waals surface area contributed by atoms with Gasteiger partial charge in [0.2, 0.25) is 0 Å². The minimum atomic E-state index is -0.278. The maximum Gasteiger partial charge on any atom is 0.318 e. The fourth-order valence-corrected chi connectivity index (χ4v) is 3.19. The molecule has 1 atom stereocenters. The zero-order chi connectivity index (χ0) is 17.5. The van der Waals surface area contributed by atoms with Gasteiger partial charge in [0.1, 0.15) is 5.82 Å². The van der Waals surface area contributed by atoms with Crippen LogP contribution in [0.15, 0.2) is 53.0 Å². The third-order valence-electron chi connectivity index (χ3n) is 3.91. The fourth-order valence-electron chi connectivity index (χ4n) is 2.58. The van der Waals surface area contributed by atoms with Gasteiger partial charge in [0.05, 0.1) is 6.04 Å². The molecule has 2 rings (SSSR count). The molecule has 2 aromatic carbocycles. The number of carbonyl (C=O) groups is 1. The summed E-state index contributed by atoms with van der Waals surface area (Å²) in [5, 5.41) is 2.92. The molecule has 1 unspecified atom stereocenters. The zero-order valence-corrected chi connectivity index (χ0v) is 15.5. The summed E-state index contributed by atoms with van der Waals surface area (Å²) in [6.07, 6.45) is 0.874. The van der Waals surface area contributed by atoms with E-state index < -0.39 is 0 Å². The highest BCUT2D eigenvalue weighted by molar-refractivity contribution is 9.10. The van der Waals surface area contributed by atoms with E-state index >= 15 is 0 Å². The summed E-state index contributed by atoms with van der Waals surface area (Å²) >= 11 is 3.55. The highest BCUT2D eigenvalue weighted by Crippen LogP contribution is 2.27. The first-order valence-electron chi connectivity index (χ1n) is 8.06. The maximum absolute atomic E-state index is 12.9. The number of halogens is 2. The Kier molecular flexibility index (Phi) is 6.79. The van der Waals surface area contributed by atoms with Gasteiger partial charge in [0.15, 0.2) is 0 Å². The zero-order valence-electron chi connectivity index (χ0n) is 13.9. The lowest BCUT2D eigenvalue weighted by atomic mass is 10.1. The van der Waals surface area contributed by atoms with E-state index in [2.05, 4.69) is 21.2 Å². The second kappa shape index (κ2) is 8.83. The minimum Gasteiger partial charge on any atom is -0.334 e. The molecule has 2 aromatic rings. The van der Waals surface area contributed by atoms with Crippen molar-refractivity contribution in [2.75, 3.05) is 6.54 Å². The van der Waals surface area contributed by atoms with Gasteiger partial charge >= 0.3 is 6.03 Å². The first-order chi connectivity index (χ1) is 11.5. The summed E-state index contributed by atoms with van der Waals surface area (Å²) in [6.45, 7) is 5.11. The number of rotatable bonds is 6. The number of urea groups is 1. The first-order valence-corrected chi connectivity index (χ1v) is 8.85. The standard InChI is InChI=1S/C19H22BrFN2O/c1-3-12-23(14(2)17-6-4-5-7-18(17)20)19(24)22-13-15-8-10-16(21)11-9-15/h4-11,14H,3,12-13H2,1-2H3,(H,22,24). The van der Waals surface area contributed by atoms with Gasteiger partial charge in [0.25, 0.3) is 0 Å². The lowest BCUT2D eigenvalue weighted by molar-refractivity contribution is 0.178. The van der Waals surface area contributed by atoms with Gasteiger partial charge in [-0.1, -0.05) is 53.2 Å². The Hall–Kier alpha value is -1.88. The lowest BCUT2D eigenvalue weighted by Gasteiger charge is -2.30. The molecule has 0 heterocycles. The third-order valence-corrected chi connectivity index (χ3v) is 4.63. The van der Waals surface area contributed by atoms with Crippen LogP contribution in [0.1, 0.15) is 37.4 Å². The Balaban J connectivity index is 2.07. The normalized spacial score (nSPS) is 11.8. The van der Waals surface area contributed by atoms with Crippen LogP contribution in [-0.2, 0) is 6.54 Å². The van der Waals surface area contributed by atoms with E-state index in [-0.39, 0.29) is 17.9 Å². The molecule has 0 saturated heterocycles. The summed E-state index contributed by atoms with van der Waals surface area (Å²) in [5.41, 5.74) is 1.94. The van der Waals surface area contributed by atoms with Crippen LogP contribution in [0.3, 0.4) is 0 Å². The molecule has 0 spiro atoms. The summed E-state index contributed by atoms with van der Waals surface area (Å²) in [5.74, 6) is -0.278. The summed E-state index contributed by atoms with van der Waals surface area (Å²) in [7, 11) is 0. The van der Waals surface area contributed by atoms with Crippen molar-refractivity contribution in [3.8, 4) is 0 Å². The van der Waals surface area contributed by atoms with E-state index in [4.69, 9.17) is 0 Å². The minimum absolute atomic E-state index is 0.0475. The topological polar surface area (TPSA) is 32.3 Å². The van der Waals surface area contributed by atoms with Crippen molar-refractivity contribution in [3.05, 3.63) is 69.9 Å². The summed E-state index contributed by atoms with van der Waals surface area (Å²) in [4.78, 5) is 14.4. The molecule has 0 aliphatic rings. The van der Waals surface area contributed by atoms with E-state index in [1.54, 1.807) is 12.1 Å². The molecule has 24 heavy (non-hydrogen) atoms. The van der Waals surface area contributed by atoms with Crippen LogP contribution in [0.2, 0.25) is 0 Å². The maximum atomic E-state index is 12.9. The van der Waals surface area contributed by atoms with Crippen molar-refractivity contribution >= 4 is 22.0 Å². The molecular formula is C19H22BrFN2O. The Morgan fingerprint density at radius 2 is 1.88 bits per heavy atom.